The Kier molecular flexibility index (Phi) is 6.14. The first-order chi connectivity index (χ1) is 11.1. The second-order valence-corrected chi connectivity index (χ2v) is 5.52. The summed E-state index contributed by atoms with van der Waals surface area (Å²) >= 11 is 0. The highest BCUT2D eigenvalue weighted by atomic mass is 16.6. The largest absolute Gasteiger partial charge is 0.412 e. The Morgan fingerprint density at radius 1 is 1.26 bits per heavy atom. The number of nitrogens with zero attached hydrogens (tertiary/aromatic N) is 2. The summed E-state index contributed by atoms with van der Waals surface area (Å²) in [6.07, 6.45) is 6.22. The Morgan fingerprint density at radius 3 is 2.83 bits per heavy atom. The van der Waals surface area contributed by atoms with Crippen molar-refractivity contribution >= 4 is 11.7 Å². The SMILES string of the molecule is CCCCCCCNC(=O)Oc1cnc2cccc(C)n2c1=O. The van der Waals surface area contributed by atoms with Gasteiger partial charge in [-0.3, -0.25) is 9.20 Å². The molecule has 0 fully saturated rings. The van der Waals surface area contributed by atoms with Crippen molar-refractivity contribution in [2.45, 2.75) is 46.0 Å². The fourth-order valence-electron chi connectivity index (χ4n) is 2.38. The van der Waals surface area contributed by atoms with Crippen molar-refractivity contribution in [2.24, 2.45) is 0 Å². The van der Waals surface area contributed by atoms with E-state index in [0.717, 1.165) is 18.5 Å². The van der Waals surface area contributed by atoms with Crippen LogP contribution < -0.4 is 15.6 Å². The standard InChI is InChI=1S/C17H23N3O3/c1-3-4-5-6-7-11-18-17(22)23-14-12-19-15-10-8-9-13(2)20(15)16(14)21/h8-10,12H,3-7,11H2,1-2H3,(H,18,22). The molecule has 1 amide bonds. The van der Waals surface area contributed by atoms with Gasteiger partial charge in [-0.05, 0) is 25.5 Å². The van der Waals surface area contributed by atoms with E-state index in [1.54, 1.807) is 19.1 Å². The number of hydrogen-bond acceptors (Lipinski definition) is 4. The smallest absolute Gasteiger partial charge is 0.403 e. The van der Waals surface area contributed by atoms with Gasteiger partial charge in [0.05, 0.1) is 6.20 Å². The molecule has 0 saturated carbocycles. The second-order valence-electron chi connectivity index (χ2n) is 5.52. The topological polar surface area (TPSA) is 72.7 Å². The van der Waals surface area contributed by atoms with Crippen molar-refractivity contribution in [3.05, 3.63) is 40.4 Å². The highest BCUT2D eigenvalue weighted by Gasteiger charge is 2.11. The minimum Gasteiger partial charge on any atom is -0.403 e. The van der Waals surface area contributed by atoms with Gasteiger partial charge in [0.25, 0.3) is 0 Å². The molecule has 1 N–H and O–H groups in total. The quantitative estimate of drug-likeness (QED) is 0.797. The van der Waals surface area contributed by atoms with Gasteiger partial charge in [-0.2, -0.15) is 0 Å². The van der Waals surface area contributed by atoms with Crippen LogP contribution in [-0.2, 0) is 0 Å². The van der Waals surface area contributed by atoms with E-state index in [1.165, 1.54) is 29.9 Å². The number of carbonyl (C=O) groups excluding carboxylic acids is 1. The van der Waals surface area contributed by atoms with Gasteiger partial charge in [0.15, 0.2) is 0 Å². The van der Waals surface area contributed by atoms with Crippen molar-refractivity contribution in [1.82, 2.24) is 14.7 Å². The Balaban J connectivity index is 1.94. The molecule has 0 saturated heterocycles. The fraction of sp³-hybridized carbons (Fsp3) is 0.471. The van der Waals surface area contributed by atoms with Crippen LogP contribution in [0.5, 0.6) is 5.75 Å². The molecule has 0 atom stereocenters. The summed E-state index contributed by atoms with van der Waals surface area (Å²) in [6.45, 7) is 4.51. The summed E-state index contributed by atoms with van der Waals surface area (Å²) in [5, 5.41) is 2.66. The summed E-state index contributed by atoms with van der Waals surface area (Å²) in [4.78, 5) is 28.3. The maximum atomic E-state index is 12.4. The molecule has 2 aromatic heterocycles. The number of hydrogen-bond donors (Lipinski definition) is 1. The van der Waals surface area contributed by atoms with E-state index in [0.29, 0.717) is 12.2 Å². The van der Waals surface area contributed by atoms with Gasteiger partial charge in [0.2, 0.25) is 5.75 Å². The summed E-state index contributed by atoms with van der Waals surface area (Å²) in [5.41, 5.74) is 0.881. The molecule has 0 unspecified atom stereocenters. The number of aromatic nitrogens is 2. The van der Waals surface area contributed by atoms with Crippen LogP contribution in [-0.4, -0.2) is 22.0 Å². The average molecular weight is 317 g/mol. The van der Waals surface area contributed by atoms with Gasteiger partial charge in [0.1, 0.15) is 5.65 Å². The molecule has 0 radical (unpaired) electrons. The Bertz CT molecular complexity index is 725. The van der Waals surface area contributed by atoms with Gasteiger partial charge in [-0.25, -0.2) is 9.78 Å². The van der Waals surface area contributed by atoms with E-state index in [2.05, 4.69) is 17.2 Å². The van der Waals surface area contributed by atoms with Gasteiger partial charge < -0.3 is 10.1 Å². The van der Waals surface area contributed by atoms with Gasteiger partial charge in [-0.15, -0.1) is 0 Å². The lowest BCUT2D eigenvalue weighted by atomic mass is 10.1. The van der Waals surface area contributed by atoms with Crippen molar-refractivity contribution in [3.63, 3.8) is 0 Å². The molecule has 0 aromatic carbocycles. The Hall–Kier alpha value is -2.37. The third-order valence-electron chi connectivity index (χ3n) is 3.64. The van der Waals surface area contributed by atoms with Crippen LogP contribution in [0.15, 0.2) is 29.2 Å². The van der Waals surface area contributed by atoms with E-state index in [4.69, 9.17) is 4.74 Å². The minimum absolute atomic E-state index is 0.0692. The predicted octanol–water partition coefficient (Wildman–Crippen LogP) is 3.06. The maximum Gasteiger partial charge on any atom is 0.412 e. The zero-order chi connectivity index (χ0) is 16.7. The highest BCUT2D eigenvalue weighted by molar-refractivity contribution is 5.70. The molecule has 0 spiro atoms. The molecule has 6 nitrogen and oxygen atoms in total. The van der Waals surface area contributed by atoms with E-state index in [1.807, 2.05) is 6.07 Å². The molecule has 0 aliphatic carbocycles. The molecule has 23 heavy (non-hydrogen) atoms. The molecule has 0 bridgehead atoms. The number of ether oxygens (including phenoxy) is 1. The van der Waals surface area contributed by atoms with Crippen molar-refractivity contribution in [3.8, 4) is 5.75 Å². The lowest BCUT2D eigenvalue weighted by molar-refractivity contribution is 0.199. The van der Waals surface area contributed by atoms with Crippen LogP contribution in [0, 0.1) is 6.92 Å². The maximum absolute atomic E-state index is 12.4. The van der Waals surface area contributed by atoms with Crippen molar-refractivity contribution in [2.75, 3.05) is 6.54 Å². The van der Waals surface area contributed by atoms with E-state index >= 15 is 0 Å². The Morgan fingerprint density at radius 2 is 2.04 bits per heavy atom. The second kappa shape index (κ2) is 8.31. The number of aryl methyl sites for hydroxylation is 1. The average Bonchev–Trinajstić information content (AvgIpc) is 2.53. The van der Waals surface area contributed by atoms with Gasteiger partial charge in [-0.1, -0.05) is 38.7 Å². The van der Waals surface area contributed by atoms with Crippen LogP contribution in [0.25, 0.3) is 5.65 Å². The monoisotopic (exact) mass is 317 g/mol. The zero-order valence-corrected chi connectivity index (χ0v) is 13.7. The van der Waals surface area contributed by atoms with Gasteiger partial charge >= 0.3 is 11.7 Å². The molecular formula is C17H23N3O3. The minimum atomic E-state index is -0.618. The first kappa shape index (κ1) is 17.0. The van der Waals surface area contributed by atoms with Crippen LogP contribution in [0.1, 0.15) is 44.7 Å². The van der Waals surface area contributed by atoms with Crippen LogP contribution in [0.3, 0.4) is 0 Å². The summed E-state index contributed by atoms with van der Waals surface area (Å²) in [5.74, 6) is -0.0692. The molecular weight excluding hydrogens is 294 g/mol. The number of nitrogens with one attached hydrogen (secondary N) is 1. The molecule has 124 valence electrons. The van der Waals surface area contributed by atoms with E-state index < -0.39 is 6.09 Å². The molecule has 2 rings (SSSR count). The molecule has 6 heteroatoms. The van der Waals surface area contributed by atoms with Gasteiger partial charge in [0, 0.05) is 12.2 Å². The fourth-order valence-corrected chi connectivity index (χ4v) is 2.38. The summed E-state index contributed by atoms with van der Waals surface area (Å²) in [6, 6.07) is 5.35. The van der Waals surface area contributed by atoms with Crippen molar-refractivity contribution < 1.29 is 9.53 Å². The lowest BCUT2D eigenvalue weighted by Gasteiger charge is -2.08. The van der Waals surface area contributed by atoms with Crippen molar-refractivity contribution in [1.29, 1.82) is 0 Å². The van der Waals surface area contributed by atoms with Crippen LogP contribution in [0.2, 0.25) is 0 Å². The number of pyridine rings is 1. The van der Waals surface area contributed by atoms with E-state index in [-0.39, 0.29) is 11.3 Å². The summed E-state index contributed by atoms with van der Waals surface area (Å²) in [7, 11) is 0. The molecule has 2 heterocycles. The third-order valence-corrected chi connectivity index (χ3v) is 3.64. The first-order valence-corrected chi connectivity index (χ1v) is 8.06. The third kappa shape index (κ3) is 4.55. The predicted molar refractivity (Wildman–Crippen MR) is 89.0 cm³/mol. The number of carbonyl (C=O) groups is 1. The zero-order valence-electron chi connectivity index (χ0n) is 13.7. The Labute approximate surface area is 135 Å². The molecule has 0 aliphatic heterocycles. The molecule has 0 aliphatic rings. The van der Waals surface area contributed by atoms with Crippen LogP contribution in [0.4, 0.5) is 4.79 Å². The first-order valence-electron chi connectivity index (χ1n) is 8.06. The number of fused-ring (bicyclic) bond motifs is 1. The number of amides is 1. The lowest BCUT2D eigenvalue weighted by Crippen LogP contribution is -2.30. The highest BCUT2D eigenvalue weighted by Crippen LogP contribution is 2.07. The number of rotatable bonds is 7. The van der Waals surface area contributed by atoms with E-state index in [9.17, 15) is 9.59 Å². The van der Waals surface area contributed by atoms with Crippen LogP contribution >= 0.6 is 0 Å². The normalized spacial score (nSPS) is 10.7. The molecule has 2 aromatic rings. The summed E-state index contributed by atoms with van der Waals surface area (Å²) < 4.78 is 6.51. The number of unbranched alkanes of at least 4 members (excludes halogenated alkanes) is 4.